The zero-order valence-corrected chi connectivity index (χ0v) is 10.3. The van der Waals surface area contributed by atoms with E-state index in [1.807, 2.05) is 14.0 Å². The van der Waals surface area contributed by atoms with Gasteiger partial charge in [-0.2, -0.15) is 0 Å². The molecule has 1 fully saturated rings. The topological polar surface area (TPSA) is 30.5 Å². The van der Waals surface area contributed by atoms with Gasteiger partial charge in [-0.3, -0.25) is 0 Å². The zero-order valence-electron chi connectivity index (χ0n) is 10.3. The Balaban J connectivity index is 2.19. The molecule has 0 amide bonds. The molecule has 0 aromatic carbocycles. The summed E-state index contributed by atoms with van der Waals surface area (Å²) in [4.78, 5) is 0. The van der Waals surface area contributed by atoms with Crippen LogP contribution in [0, 0.1) is 0 Å². The largest absolute Gasteiger partial charge is 0.381 e. The molecule has 0 saturated heterocycles. The van der Waals surface area contributed by atoms with Crippen LogP contribution in [0.1, 0.15) is 39.5 Å². The first-order valence-electron chi connectivity index (χ1n) is 6.12. The highest BCUT2D eigenvalue weighted by atomic mass is 16.5. The summed E-state index contributed by atoms with van der Waals surface area (Å²) in [5.74, 6) is 0. The van der Waals surface area contributed by atoms with Gasteiger partial charge in [0.15, 0.2) is 0 Å². The normalized spacial score (nSPS) is 29.0. The predicted octanol–water partition coefficient (Wildman–Crippen LogP) is 1.96. The second-order valence-corrected chi connectivity index (χ2v) is 4.45. The summed E-state index contributed by atoms with van der Waals surface area (Å²) in [6.45, 7) is 5.84. The molecule has 1 saturated carbocycles. The molecule has 0 bridgehead atoms. The summed E-state index contributed by atoms with van der Waals surface area (Å²) in [6.07, 6.45) is 5.37. The molecule has 3 heteroatoms. The zero-order chi connectivity index (χ0) is 11.1. The molecule has 1 aliphatic rings. The van der Waals surface area contributed by atoms with Crippen LogP contribution in [-0.4, -0.2) is 38.5 Å². The van der Waals surface area contributed by atoms with E-state index < -0.39 is 0 Å². The number of hydrogen-bond donors (Lipinski definition) is 1. The van der Waals surface area contributed by atoms with Crippen molar-refractivity contribution in [2.45, 2.75) is 57.7 Å². The second-order valence-electron chi connectivity index (χ2n) is 4.45. The summed E-state index contributed by atoms with van der Waals surface area (Å²) < 4.78 is 10.8. The summed E-state index contributed by atoms with van der Waals surface area (Å²) in [7, 11) is 1.82. The molecule has 0 aromatic rings. The minimum absolute atomic E-state index is 0.450. The van der Waals surface area contributed by atoms with E-state index in [0.717, 1.165) is 19.6 Å². The fourth-order valence-electron chi connectivity index (χ4n) is 2.26. The van der Waals surface area contributed by atoms with Crippen LogP contribution >= 0.6 is 0 Å². The van der Waals surface area contributed by atoms with Gasteiger partial charge >= 0.3 is 0 Å². The lowest BCUT2D eigenvalue weighted by Gasteiger charge is -2.31. The lowest BCUT2D eigenvalue weighted by molar-refractivity contribution is 0.0525. The van der Waals surface area contributed by atoms with Gasteiger partial charge in [0, 0.05) is 25.8 Å². The monoisotopic (exact) mass is 215 g/mol. The SMILES string of the molecule is CCOCC(C)NC1CCCC(OC)C1. The fourth-order valence-corrected chi connectivity index (χ4v) is 2.26. The number of nitrogens with one attached hydrogen (secondary N) is 1. The Bertz CT molecular complexity index is 164. The Morgan fingerprint density at radius 3 is 2.87 bits per heavy atom. The predicted molar refractivity (Wildman–Crippen MR) is 62.1 cm³/mol. The lowest BCUT2D eigenvalue weighted by Crippen LogP contribution is -2.43. The smallest absolute Gasteiger partial charge is 0.0616 e. The molecule has 1 rings (SSSR count). The van der Waals surface area contributed by atoms with Crippen molar-refractivity contribution < 1.29 is 9.47 Å². The van der Waals surface area contributed by atoms with Crippen molar-refractivity contribution in [1.82, 2.24) is 5.32 Å². The van der Waals surface area contributed by atoms with Crippen LogP contribution in [0.3, 0.4) is 0 Å². The molecular formula is C12H25NO2. The summed E-state index contributed by atoms with van der Waals surface area (Å²) in [6, 6.07) is 1.06. The fraction of sp³-hybridized carbons (Fsp3) is 1.00. The highest BCUT2D eigenvalue weighted by Crippen LogP contribution is 2.20. The third-order valence-corrected chi connectivity index (χ3v) is 3.05. The molecule has 3 nitrogen and oxygen atoms in total. The first-order chi connectivity index (χ1) is 7.26. The van der Waals surface area contributed by atoms with Crippen molar-refractivity contribution in [3.05, 3.63) is 0 Å². The minimum Gasteiger partial charge on any atom is -0.381 e. The molecule has 3 atom stereocenters. The van der Waals surface area contributed by atoms with Crippen LogP contribution in [0.4, 0.5) is 0 Å². The van der Waals surface area contributed by atoms with E-state index in [9.17, 15) is 0 Å². The van der Waals surface area contributed by atoms with E-state index in [1.54, 1.807) is 0 Å². The quantitative estimate of drug-likeness (QED) is 0.734. The van der Waals surface area contributed by atoms with Crippen molar-refractivity contribution in [1.29, 1.82) is 0 Å². The summed E-state index contributed by atoms with van der Waals surface area (Å²) >= 11 is 0. The summed E-state index contributed by atoms with van der Waals surface area (Å²) in [5, 5.41) is 3.61. The Morgan fingerprint density at radius 1 is 1.40 bits per heavy atom. The van der Waals surface area contributed by atoms with Gasteiger partial charge in [-0.05, 0) is 39.5 Å². The van der Waals surface area contributed by atoms with E-state index in [2.05, 4.69) is 12.2 Å². The molecule has 90 valence electrons. The van der Waals surface area contributed by atoms with Gasteiger partial charge in [-0.25, -0.2) is 0 Å². The van der Waals surface area contributed by atoms with Crippen LogP contribution in [0.2, 0.25) is 0 Å². The highest BCUT2D eigenvalue weighted by molar-refractivity contribution is 4.80. The van der Waals surface area contributed by atoms with Crippen LogP contribution in [0.15, 0.2) is 0 Å². The number of ether oxygens (including phenoxy) is 2. The van der Waals surface area contributed by atoms with Crippen LogP contribution in [0.25, 0.3) is 0 Å². The van der Waals surface area contributed by atoms with Crippen molar-refractivity contribution in [3.8, 4) is 0 Å². The molecule has 0 aromatic heterocycles. The number of hydrogen-bond acceptors (Lipinski definition) is 3. The van der Waals surface area contributed by atoms with Crippen molar-refractivity contribution in [3.63, 3.8) is 0 Å². The third kappa shape index (κ3) is 4.96. The maximum Gasteiger partial charge on any atom is 0.0616 e. The maximum absolute atomic E-state index is 5.41. The van der Waals surface area contributed by atoms with Crippen molar-refractivity contribution in [2.75, 3.05) is 20.3 Å². The maximum atomic E-state index is 5.41. The molecule has 3 unspecified atom stereocenters. The van der Waals surface area contributed by atoms with Gasteiger partial charge in [0.1, 0.15) is 0 Å². The Morgan fingerprint density at radius 2 is 2.20 bits per heavy atom. The van der Waals surface area contributed by atoms with Gasteiger partial charge in [0.05, 0.1) is 12.7 Å². The van der Waals surface area contributed by atoms with Crippen LogP contribution in [-0.2, 0) is 9.47 Å². The molecular weight excluding hydrogens is 190 g/mol. The molecule has 15 heavy (non-hydrogen) atoms. The van der Waals surface area contributed by atoms with E-state index in [4.69, 9.17) is 9.47 Å². The van der Waals surface area contributed by atoms with Crippen molar-refractivity contribution in [2.24, 2.45) is 0 Å². The molecule has 1 aliphatic carbocycles. The Kier molecular flexibility index (Phi) is 6.22. The molecule has 0 heterocycles. The van der Waals surface area contributed by atoms with E-state index in [0.29, 0.717) is 18.2 Å². The van der Waals surface area contributed by atoms with E-state index >= 15 is 0 Å². The number of methoxy groups -OCH3 is 1. The second kappa shape index (κ2) is 7.20. The van der Waals surface area contributed by atoms with Crippen LogP contribution in [0.5, 0.6) is 0 Å². The Labute approximate surface area is 93.5 Å². The third-order valence-electron chi connectivity index (χ3n) is 3.05. The molecule has 0 radical (unpaired) electrons. The number of rotatable bonds is 6. The van der Waals surface area contributed by atoms with Gasteiger partial charge in [0.25, 0.3) is 0 Å². The standard InChI is InChI=1S/C12H25NO2/c1-4-15-9-10(2)13-11-6-5-7-12(8-11)14-3/h10-13H,4-9H2,1-3H3. The lowest BCUT2D eigenvalue weighted by atomic mass is 9.92. The first kappa shape index (κ1) is 12.9. The average Bonchev–Trinajstić information content (AvgIpc) is 2.26. The van der Waals surface area contributed by atoms with E-state index in [1.165, 1.54) is 19.3 Å². The van der Waals surface area contributed by atoms with Gasteiger partial charge in [-0.1, -0.05) is 0 Å². The first-order valence-corrected chi connectivity index (χ1v) is 6.12. The van der Waals surface area contributed by atoms with Gasteiger partial charge in [-0.15, -0.1) is 0 Å². The highest BCUT2D eigenvalue weighted by Gasteiger charge is 2.22. The minimum atomic E-state index is 0.450. The van der Waals surface area contributed by atoms with Gasteiger partial charge < -0.3 is 14.8 Å². The average molecular weight is 215 g/mol. The van der Waals surface area contributed by atoms with Crippen LogP contribution < -0.4 is 5.32 Å². The molecule has 0 aliphatic heterocycles. The van der Waals surface area contributed by atoms with Gasteiger partial charge in [0.2, 0.25) is 0 Å². The van der Waals surface area contributed by atoms with E-state index in [-0.39, 0.29) is 0 Å². The molecule has 1 N–H and O–H groups in total. The molecule has 0 spiro atoms. The summed E-state index contributed by atoms with van der Waals surface area (Å²) in [5.41, 5.74) is 0. The van der Waals surface area contributed by atoms with Crippen molar-refractivity contribution >= 4 is 0 Å². The Hall–Kier alpha value is -0.120.